The minimum atomic E-state index is -0.371. The van der Waals surface area contributed by atoms with Crippen molar-refractivity contribution in [3.63, 3.8) is 0 Å². The molecular weight excluding hydrogens is 230 g/mol. The average Bonchev–Trinajstić information content (AvgIpc) is 2.81. The molecule has 2 N–H and O–H groups in total. The fraction of sp³-hybridized carbons (Fsp3) is 0.714. The standard InChI is InChI=1S/C14H21NOS/c16-14-5-2-1-3-12(14)13(15-7-6-14)9-11-4-8-17-10-11/h4,8,10,12-13,15-16H,1-3,5-7,9H2. The van der Waals surface area contributed by atoms with Crippen LogP contribution in [0.2, 0.25) is 0 Å². The molecule has 2 heterocycles. The molecular formula is C14H21NOS. The summed E-state index contributed by atoms with van der Waals surface area (Å²) in [6, 6.07) is 2.69. The van der Waals surface area contributed by atoms with Crippen LogP contribution in [-0.2, 0) is 6.42 Å². The van der Waals surface area contributed by atoms with Crippen LogP contribution in [-0.4, -0.2) is 23.3 Å². The van der Waals surface area contributed by atoms with E-state index in [0.717, 1.165) is 25.8 Å². The molecule has 1 aromatic rings. The summed E-state index contributed by atoms with van der Waals surface area (Å²) >= 11 is 1.77. The van der Waals surface area contributed by atoms with Crippen LogP contribution in [0.5, 0.6) is 0 Å². The maximum atomic E-state index is 10.8. The molecule has 0 radical (unpaired) electrons. The van der Waals surface area contributed by atoms with Gasteiger partial charge in [0.25, 0.3) is 0 Å². The molecule has 0 aromatic carbocycles. The number of hydrogen-bond acceptors (Lipinski definition) is 3. The van der Waals surface area contributed by atoms with E-state index >= 15 is 0 Å². The molecule has 1 aliphatic heterocycles. The summed E-state index contributed by atoms with van der Waals surface area (Å²) in [5.74, 6) is 0.463. The van der Waals surface area contributed by atoms with Crippen LogP contribution in [0.3, 0.4) is 0 Å². The van der Waals surface area contributed by atoms with Gasteiger partial charge in [-0.15, -0.1) is 0 Å². The zero-order valence-electron chi connectivity index (χ0n) is 10.2. The first-order chi connectivity index (χ1) is 8.28. The molecule has 1 saturated carbocycles. The summed E-state index contributed by atoms with van der Waals surface area (Å²) in [6.07, 6.45) is 6.72. The Morgan fingerprint density at radius 1 is 1.41 bits per heavy atom. The number of piperidine rings is 1. The molecule has 2 fully saturated rings. The molecule has 1 aromatic heterocycles. The number of fused-ring (bicyclic) bond motifs is 1. The molecule has 3 atom stereocenters. The second-order valence-corrected chi connectivity index (χ2v) is 6.38. The Hall–Kier alpha value is -0.380. The lowest BCUT2D eigenvalue weighted by atomic mass is 9.67. The molecule has 2 nitrogen and oxygen atoms in total. The Morgan fingerprint density at radius 2 is 2.35 bits per heavy atom. The third-order valence-electron chi connectivity index (χ3n) is 4.55. The number of nitrogens with one attached hydrogen (secondary N) is 1. The van der Waals surface area contributed by atoms with E-state index in [9.17, 15) is 5.11 Å². The van der Waals surface area contributed by atoms with Crippen LogP contribution in [0.4, 0.5) is 0 Å². The Bertz CT molecular complexity index is 360. The lowest BCUT2D eigenvalue weighted by molar-refractivity contribution is -0.0850. The second-order valence-electron chi connectivity index (χ2n) is 5.60. The summed E-state index contributed by atoms with van der Waals surface area (Å²) in [4.78, 5) is 0. The Morgan fingerprint density at radius 3 is 3.18 bits per heavy atom. The van der Waals surface area contributed by atoms with Crippen molar-refractivity contribution < 1.29 is 5.11 Å². The summed E-state index contributed by atoms with van der Waals surface area (Å²) in [5.41, 5.74) is 1.05. The number of rotatable bonds is 2. The monoisotopic (exact) mass is 251 g/mol. The highest BCUT2D eigenvalue weighted by atomic mass is 32.1. The van der Waals surface area contributed by atoms with Gasteiger partial charge in [-0.1, -0.05) is 12.8 Å². The predicted octanol–water partition coefficient (Wildman–Crippen LogP) is 2.57. The highest BCUT2D eigenvalue weighted by Gasteiger charge is 2.45. The van der Waals surface area contributed by atoms with E-state index in [4.69, 9.17) is 0 Å². The van der Waals surface area contributed by atoms with Crippen LogP contribution >= 0.6 is 11.3 Å². The van der Waals surface area contributed by atoms with E-state index in [0.29, 0.717) is 12.0 Å². The predicted molar refractivity (Wildman–Crippen MR) is 71.3 cm³/mol. The van der Waals surface area contributed by atoms with E-state index < -0.39 is 0 Å². The first-order valence-corrected chi connectivity index (χ1v) is 7.69. The van der Waals surface area contributed by atoms with Gasteiger partial charge in [0, 0.05) is 12.0 Å². The molecule has 1 aliphatic carbocycles. The van der Waals surface area contributed by atoms with E-state index in [2.05, 4.69) is 22.1 Å². The Labute approximate surface area is 107 Å². The van der Waals surface area contributed by atoms with Gasteiger partial charge in [-0.2, -0.15) is 11.3 Å². The highest BCUT2D eigenvalue weighted by molar-refractivity contribution is 7.07. The molecule has 3 heteroatoms. The van der Waals surface area contributed by atoms with Crippen molar-refractivity contribution >= 4 is 11.3 Å². The molecule has 17 heavy (non-hydrogen) atoms. The SMILES string of the molecule is OC12CCCCC1C(Cc1ccsc1)NCC2. The lowest BCUT2D eigenvalue weighted by Crippen LogP contribution is -2.58. The highest BCUT2D eigenvalue weighted by Crippen LogP contribution is 2.41. The zero-order valence-corrected chi connectivity index (χ0v) is 11.0. The van der Waals surface area contributed by atoms with Crippen molar-refractivity contribution in [2.75, 3.05) is 6.54 Å². The topological polar surface area (TPSA) is 32.3 Å². The fourth-order valence-electron chi connectivity index (χ4n) is 3.63. The van der Waals surface area contributed by atoms with Gasteiger partial charge in [0.15, 0.2) is 0 Å². The van der Waals surface area contributed by atoms with E-state index in [1.165, 1.54) is 24.8 Å². The van der Waals surface area contributed by atoms with Crippen molar-refractivity contribution in [3.8, 4) is 0 Å². The van der Waals surface area contributed by atoms with Gasteiger partial charge in [-0.3, -0.25) is 0 Å². The Balaban J connectivity index is 1.75. The first kappa shape index (κ1) is 11.7. The van der Waals surface area contributed by atoms with Crippen LogP contribution in [0.15, 0.2) is 16.8 Å². The van der Waals surface area contributed by atoms with E-state index in [-0.39, 0.29) is 5.60 Å². The lowest BCUT2D eigenvalue weighted by Gasteiger charge is -2.48. The summed E-state index contributed by atoms with van der Waals surface area (Å²) < 4.78 is 0. The van der Waals surface area contributed by atoms with Crippen LogP contribution in [0.25, 0.3) is 0 Å². The second kappa shape index (κ2) is 4.71. The van der Waals surface area contributed by atoms with Crippen molar-refractivity contribution in [1.82, 2.24) is 5.32 Å². The van der Waals surface area contributed by atoms with E-state index in [1.54, 1.807) is 11.3 Å². The van der Waals surface area contributed by atoms with Crippen molar-refractivity contribution in [2.24, 2.45) is 5.92 Å². The molecule has 94 valence electrons. The minimum Gasteiger partial charge on any atom is -0.389 e. The van der Waals surface area contributed by atoms with Crippen molar-refractivity contribution in [2.45, 2.75) is 50.2 Å². The van der Waals surface area contributed by atoms with Crippen LogP contribution in [0.1, 0.15) is 37.7 Å². The van der Waals surface area contributed by atoms with Gasteiger partial charge in [0.2, 0.25) is 0 Å². The fourth-order valence-corrected chi connectivity index (χ4v) is 4.31. The van der Waals surface area contributed by atoms with Crippen LogP contribution < -0.4 is 5.32 Å². The van der Waals surface area contributed by atoms with Crippen LogP contribution in [0, 0.1) is 5.92 Å². The van der Waals surface area contributed by atoms with Gasteiger partial charge in [-0.25, -0.2) is 0 Å². The molecule has 0 bridgehead atoms. The average molecular weight is 251 g/mol. The maximum Gasteiger partial charge on any atom is 0.0702 e. The third kappa shape index (κ3) is 2.28. The number of hydrogen-bond donors (Lipinski definition) is 2. The van der Waals surface area contributed by atoms with Gasteiger partial charge < -0.3 is 10.4 Å². The number of thiophene rings is 1. The molecule has 3 unspecified atom stereocenters. The van der Waals surface area contributed by atoms with Gasteiger partial charge >= 0.3 is 0 Å². The maximum absolute atomic E-state index is 10.8. The van der Waals surface area contributed by atoms with Gasteiger partial charge in [0.1, 0.15) is 0 Å². The smallest absolute Gasteiger partial charge is 0.0702 e. The van der Waals surface area contributed by atoms with Gasteiger partial charge in [-0.05, 0) is 54.6 Å². The molecule has 3 rings (SSSR count). The third-order valence-corrected chi connectivity index (χ3v) is 5.28. The number of aliphatic hydroxyl groups is 1. The normalized spacial score (nSPS) is 37.7. The minimum absolute atomic E-state index is 0.371. The first-order valence-electron chi connectivity index (χ1n) is 6.75. The quantitative estimate of drug-likeness (QED) is 0.847. The molecule has 0 amide bonds. The van der Waals surface area contributed by atoms with E-state index in [1.807, 2.05) is 0 Å². The zero-order chi connectivity index (χ0) is 11.7. The summed E-state index contributed by atoms with van der Waals surface area (Å²) in [7, 11) is 0. The molecule has 2 aliphatic rings. The van der Waals surface area contributed by atoms with Crippen molar-refractivity contribution in [1.29, 1.82) is 0 Å². The molecule has 1 saturated heterocycles. The van der Waals surface area contributed by atoms with Crippen molar-refractivity contribution in [3.05, 3.63) is 22.4 Å². The van der Waals surface area contributed by atoms with Gasteiger partial charge in [0.05, 0.1) is 5.60 Å². The largest absolute Gasteiger partial charge is 0.389 e. The summed E-state index contributed by atoms with van der Waals surface area (Å²) in [6.45, 7) is 0.974. The Kier molecular flexibility index (Phi) is 3.24. The summed E-state index contributed by atoms with van der Waals surface area (Å²) in [5, 5.41) is 18.8. The molecule has 0 spiro atoms.